The molecule has 0 unspecified atom stereocenters. The summed E-state index contributed by atoms with van der Waals surface area (Å²) >= 11 is 12.0. The first-order valence-electron chi connectivity index (χ1n) is 8.27. The molecule has 4 rings (SSSR count). The van der Waals surface area contributed by atoms with Crippen LogP contribution in [0.25, 0.3) is 11.4 Å². The van der Waals surface area contributed by atoms with Crippen LogP contribution in [-0.2, 0) is 6.42 Å². The van der Waals surface area contributed by atoms with E-state index in [-0.39, 0.29) is 27.6 Å². The van der Waals surface area contributed by atoms with Gasteiger partial charge in [-0.15, -0.1) is 0 Å². The van der Waals surface area contributed by atoms with E-state index in [1.165, 1.54) is 12.4 Å². The molecule has 0 bridgehead atoms. The second kappa shape index (κ2) is 6.90. The zero-order valence-electron chi connectivity index (χ0n) is 14.2. The number of nitrogens with zero attached hydrogens (tertiary/aromatic N) is 4. The Morgan fingerprint density at radius 2 is 2.07 bits per heavy atom. The molecule has 6 nitrogen and oxygen atoms in total. The van der Waals surface area contributed by atoms with Gasteiger partial charge >= 0.3 is 0 Å². The van der Waals surface area contributed by atoms with Crippen LogP contribution in [0.2, 0.25) is 10.0 Å². The maximum absolute atomic E-state index is 13.6. The monoisotopic (exact) mass is 405 g/mol. The molecular weight excluding hydrogens is 392 g/mol. The van der Waals surface area contributed by atoms with Crippen molar-refractivity contribution in [2.45, 2.75) is 19.4 Å². The summed E-state index contributed by atoms with van der Waals surface area (Å²) in [4.78, 5) is 23.4. The van der Waals surface area contributed by atoms with E-state index in [1.54, 1.807) is 11.1 Å². The molecule has 1 aliphatic heterocycles. The fraction of sp³-hybridized carbons (Fsp3) is 0.222. The summed E-state index contributed by atoms with van der Waals surface area (Å²) in [6, 6.07) is 4.03. The van der Waals surface area contributed by atoms with Crippen LogP contribution >= 0.6 is 23.2 Å². The topological polar surface area (TPSA) is 74.8 Å². The van der Waals surface area contributed by atoms with Crippen LogP contribution in [0.5, 0.6) is 0 Å². The number of amides is 1. The Bertz CT molecular complexity index is 1020. The highest BCUT2D eigenvalue weighted by Gasteiger charge is 2.32. The Labute approximate surface area is 164 Å². The highest BCUT2D eigenvalue weighted by Crippen LogP contribution is 2.35. The molecular formula is C18H14Cl2FN5O. The van der Waals surface area contributed by atoms with Crippen molar-refractivity contribution < 1.29 is 9.18 Å². The van der Waals surface area contributed by atoms with Gasteiger partial charge in [-0.25, -0.2) is 14.4 Å². The molecule has 0 radical (unpaired) electrons. The lowest BCUT2D eigenvalue weighted by Gasteiger charge is -2.35. The van der Waals surface area contributed by atoms with Crippen molar-refractivity contribution in [3.63, 3.8) is 0 Å². The Morgan fingerprint density at radius 3 is 2.81 bits per heavy atom. The molecule has 0 fully saturated rings. The van der Waals surface area contributed by atoms with Crippen molar-refractivity contribution in [1.82, 2.24) is 25.1 Å². The van der Waals surface area contributed by atoms with Gasteiger partial charge in [-0.1, -0.05) is 23.2 Å². The number of rotatable bonds is 2. The van der Waals surface area contributed by atoms with Crippen LogP contribution in [0.4, 0.5) is 4.39 Å². The predicted molar refractivity (Wildman–Crippen MR) is 99.2 cm³/mol. The van der Waals surface area contributed by atoms with E-state index in [4.69, 9.17) is 23.2 Å². The number of carbonyl (C=O) groups excluding carboxylic acids is 1. The normalized spacial score (nSPS) is 16.3. The third kappa shape index (κ3) is 2.96. The zero-order chi connectivity index (χ0) is 19.1. The number of hydrogen-bond acceptors (Lipinski definition) is 4. The third-order valence-electron chi connectivity index (χ3n) is 4.73. The van der Waals surface area contributed by atoms with Crippen molar-refractivity contribution in [1.29, 1.82) is 0 Å². The van der Waals surface area contributed by atoms with Gasteiger partial charge in [-0.3, -0.25) is 9.89 Å². The summed E-state index contributed by atoms with van der Waals surface area (Å²) in [6.07, 6.45) is 3.71. The van der Waals surface area contributed by atoms with E-state index in [1.807, 2.05) is 13.0 Å². The Morgan fingerprint density at radius 1 is 1.26 bits per heavy atom. The molecule has 2 aromatic heterocycles. The van der Waals surface area contributed by atoms with E-state index in [2.05, 4.69) is 20.2 Å². The average molecular weight is 406 g/mol. The lowest BCUT2D eigenvalue weighted by atomic mass is 9.95. The van der Waals surface area contributed by atoms with Crippen LogP contribution in [0.1, 0.15) is 34.6 Å². The quantitative estimate of drug-likeness (QED) is 0.651. The smallest absolute Gasteiger partial charge is 0.255 e. The fourth-order valence-electron chi connectivity index (χ4n) is 3.35. The molecule has 0 saturated heterocycles. The number of benzene rings is 1. The van der Waals surface area contributed by atoms with E-state index < -0.39 is 5.82 Å². The van der Waals surface area contributed by atoms with Crippen LogP contribution in [0, 0.1) is 5.82 Å². The second-order valence-electron chi connectivity index (χ2n) is 6.20. The highest BCUT2D eigenvalue weighted by atomic mass is 35.5. The number of nitrogens with one attached hydrogen (secondary N) is 1. The maximum Gasteiger partial charge on any atom is 0.255 e. The lowest BCUT2D eigenvalue weighted by molar-refractivity contribution is 0.0673. The second-order valence-corrected chi connectivity index (χ2v) is 6.96. The molecule has 3 aromatic rings. The van der Waals surface area contributed by atoms with Crippen molar-refractivity contribution in [3.05, 3.63) is 63.4 Å². The van der Waals surface area contributed by atoms with Crippen LogP contribution in [0.15, 0.2) is 30.7 Å². The molecule has 1 N–H and O–H groups in total. The number of halogens is 3. The van der Waals surface area contributed by atoms with E-state index in [0.717, 1.165) is 28.7 Å². The van der Waals surface area contributed by atoms with E-state index >= 15 is 0 Å². The highest BCUT2D eigenvalue weighted by molar-refractivity contribution is 6.44. The third-order valence-corrected chi connectivity index (χ3v) is 5.59. The molecule has 0 saturated carbocycles. The molecule has 1 atom stereocenters. The Hall–Kier alpha value is -2.51. The van der Waals surface area contributed by atoms with Gasteiger partial charge in [0, 0.05) is 18.3 Å². The standard InChI is InChI=1S/C18H14Cl2FN5O/c1-9-16-11(17(23-8-22-16)13-4-6-24-25-13)5-7-26(9)18(27)10-2-3-12(21)15(20)14(10)19/h2-4,6,8-9H,5,7H2,1H3,(H,24,25)/t9-/m1/s1. The molecule has 1 amide bonds. The van der Waals surface area contributed by atoms with Crippen molar-refractivity contribution in [2.75, 3.05) is 6.54 Å². The van der Waals surface area contributed by atoms with Gasteiger partial charge in [0.25, 0.3) is 5.91 Å². The van der Waals surface area contributed by atoms with Crippen molar-refractivity contribution >= 4 is 29.1 Å². The SMILES string of the molecule is C[C@@H]1c2ncnc(-c3ccn[nH]3)c2CCN1C(=O)c1ccc(F)c(Cl)c1Cl. The van der Waals surface area contributed by atoms with Crippen molar-refractivity contribution in [3.8, 4) is 11.4 Å². The summed E-state index contributed by atoms with van der Waals surface area (Å²) in [7, 11) is 0. The van der Waals surface area contributed by atoms with Crippen LogP contribution < -0.4 is 0 Å². The fourth-order valence-corrected chi connectivity index (χ4v) is 3.75. The van der Waals surface area contributed by atoms with Gasteiger partial charge in [0.05, 0.1) is 38.7 Å². The largest absolute Gasteiger partial charge is 0.330 e. The van der Waals surface area contributed by atoms with Gasteiger partial charge in [0.15, 0.2) is 0 Å². The molecule has 1 aliphatic rings. The van der Waals surface area contributed by atoms with Gasteiger partial charge in [0.2, 0.25) is 0 Å². The average Bonchev–Trinajstić information content (AvgIpc) is 3.20. The van der Waals surface area contributed by atoms with E-state index in [9.17, 15) is 9.18 Å². The van der Waals surface area contributed by atoms with Crippen LogP contribution in [-0.4, -0.2) is 37.5 Å². The van der Waals surface area contributed by atoms with E-state index in [0.29, 0.717) is 13.0 Å². The van der Waals surface area contributed by atoms with Gasteiger partial charge in [0.1, 0.15) is 12.1 Å². The number of carbonyl (C=O) groups is 1. The predicted octanol–water partition coefficient (Wildman–Crippen LogP) is 4.07. The molecule has 138 valence electrons. The van der Waals surface area contributed by atoms with Gasteiger partial charge < -0.3 is 4.90 Å². The maximum atomic E-state index is 13.6. The molecule has 3 heterocycles. The summed E-state index contributed by atoms with van der Waals surface area (Å²) in [6.45, 7) is 2.34. The zero-order valence-corrected chi connectivity index (χ0v) is 15.7. The first-order chi connectivity index (χ1) is 13.0. The van der Waals surface area contributed by atoms with Gasteiger partial charge in [-0.05, 0) is 31.5 Å². The molecule has 1 aromatic carbocycles. The number of hydrogen-bond donors (Lipinski definition) is 1. The summed E-state index contributed by atoms with van der Waals surface area (Å²) in [5, 5.41) is 6.54. The van der Waals surface area contributed by atoms with Gasteiger partial charge in [-0.2, -0.15) is 5.10 Å². The minimum atomic E-state index is -0.660. The summed E-state index contributed by atoms with van der Waals surface area (Å²) < 4.78 is 13.6. The number of H-pyrrole nitrogens is 1. The first-order valence-corrected chi connectivity index (χ1v) is 9.02. The summed E-state index contributed by atoms with van der Waals surface area (Å²) in [5.74, 6) is -0.978. The number of aromatic amines is 1. The minimum absolute atomic E-state index is 0.0829. The minimum Gasteiger partial charge on any atom is -0.330 e. The lowest BCUT2D eigenvalue weighted by Crippen LogP contribution is -2.39. The Balaban J connectivity index is 1.71. The Kier molecular flexibility index (Phi) is 4.57. The molecule has 9 heteroatoms. The first kappa shape index (κ1) is 17.9. The summed E-state index contributed by atoms with van der Waals surface area (Å²) in [5.41, 5.74) is 3.48. The van der Waals surface area contributed by atoms with Crippen molar-refractivity contribution in [2.24, 2.45) is 0 Å². The number of aromatic nitrogens is 4. The molecule has 0 aliphatic carbocycles. The molecule has 27 heavy (non-hydrogen) atoms. The number of fused-ring (bicyclic) bond motifs is 1. The molecule has 0 spiro atoms. The van der Waals surface area contributed by atoms with Crippen LogP contribution in [0.3, 0.4) is 0 Å².